The van der Waals surface area contributed by atoms with Gasteiger partial charge in [0.1, 0.15) is 0 Å². The number of carboxylic acid groups (broad SMARTS) is 1. The van der Waals surface area contributed by atoms with Gasteiger partial charge in [0, 0.05) is 26.3 Å². The predicted octanol–water partition coefficient (Wildman–Crippen LogP) is 0.539. The van der Waals surface area contributed by atoms with Crippen molar-refractivity contribution >= 4 is 16.0 Å². The second kappa shape index (κ2) is 5.38. The lowest BCUT2D eigenvalue weighted by Crippen LogP contribution is -2.38. The highest BCUT2D eigenvalue weighted by atomic mass is 32.2. The quantitative estimate of drug-likeness (QED) is 0.817. The molecule has 2 fully saturated rings. The van der Waals surface area contributed by atoms with Crippen LogP contribution in [0.1, 0.15) is 26.2 Å². The van der Waals surface area contributed by atoms with Crippen molar-refractivity contribution in [3.05, 3.63) is 0 Å². The maximum Gasteiger partial charge on any atom is 0.310 e. The SMILES string of the molecule is CC1(C(=O)O)CCN(S(=O)(=O)CC2CCOCC2)C1. The molecule has 0 aromatic rings. The first kappa shape index (κ1) is 14.7. The minimum atomic E-state index is -3.35. The van der Waals surface area contributed by atoms with E-state index in [1.54, 1.807) is 6.92 Å². The first-order valence-corrected chi connectivity index (χ1v) is 8.23. The van der Waals surface area contributed by atoms with Crippen molar-refractivity contribution in [2.45, 2.75) is 26.2 Å². The van der Waals surface area contributed by atoms with Crippen LogP contribution < -0.4 is 0 Å². The van der Waals surface area contributed by atoms with E-state index < -0.39 is 21.4 Å². The minimum absolute atomic E-state index is 0.0912. The van der Waals surface area contributed by atoms with Gasteiger partial charge in [-0.2, -0.15) is 0 Å². The lowest BCUT2D eigenvalue weighted by molar-refractivity contribution is -0.146. The van der Waals surface area contributed by atoms with Gasteiger partial charge in [0.05, 0.1) is 11.2 Å². The van der Waals surface area contributed by atoms with Gasteiger partial charge in [0.2, 0.25) is 10.0 Å². The Morgan fingerprint density at radius 3 is 2.58 bits per heavy atom. The van der Waals surface area contributed by atoms with Crippen molar-refractivity contribution in [3.8, 4) is 0 Å². The Kier molecular flexibility index (Phi) is 4.17. The Morgan fingerprint density at radius 1 is 1.42 bits per heavy atom. The van der Waals surface area contributed by atoms with Gasteiger partial charge in [-0.3, -0.25) is 4.79 Å². The molecular weight excluding hydrogens is 270 g/mol. The van der Waals surface area contributed by atoms with E-state index in [0.717, 1.165) is 12.8 Å². The number of carbonyl (C=O) groups is 1. The van der Waals surface area contributed by atoms with E-state index in [1.807, 2.05) is 0 Å². The molecule has 2 aliphatic heterocycles. The lowest BCUT2D eigenvalue weighted by atomic mass is 9.90. The van der Waals surface area contributed by atoms with Crippen LogP contribution in [-0.2, 0) is 19.6 Å². The van der Waals surface area contributed by atoms with Crippen LogP contribution in [0.3, 0.4) is 0 Å². The summed E-state index contributed by atoms with van der Waals surface area (Å²) in [6.07, 6.45) is 1.92. The first-order chi connectivity index (χ1) is 8.83. The van der Waals surface area contributed by atoms with Gasteiger partial charge in [-0.15, -0.1) is 0 Å². The summed E-state index contributed by atoms with van der Waals surface area (Å²) in [5.41, 5.74) is -0.942. The number of rotatable bonds is 4. The molecule has 0 amide bonds. The highest BCUT2D eigenvalue weighted by molar-refractivity contribution is 7.89. The zero-order chi connectivity index (χ0) is 14.1. The zero-order valence-corrected chi connectivity index (χ0v) is 12.0. The third-order valence-electron chi connectivity index (χ3n) is 4.14. The highest BCUT2D eigenvalue weighted by Gasteiger charge is 2.44. The third-order valence-corrected chi connectivity index (χ3v) is 6.13. The summed E-state index contributed by atoms with van der Waals surface area (Å²) < 4.78 is 31.2. The molecule has 110 valence electrons. The van der Waals surface area contributed by atoms with Gasteiger partial charge in [0.15, 0.2) is 0 Å². The molecule has 1 unspecified atom stereocenters. The zero-order valence-electron chi connectivity index (χ0n) is 11.2. The molecule has 0 saturated carbocycles. The molecule has 2 saturated heterocycles. The van der Waals surface area contributed by atoms with Gasteiger partial charge >= 0.3 is 5.97 Å². The van der Waals surface area contributed by atoms with Gasteiger partial charge in [-0.1, -0.05) is 0 Å². The minimum Gasteiger partial charge on any atom is -0.481 e. The molecule has 0 aromatic heterocycles. The maximum atomic E-state index is 12.3. The average Bonchev–Trinajstić information content (AvgIpc) is 2.75. The smallest absolute Gasteiger partial charge is 0.310 e. The van der Waals surface area contributed by atoms with E-state index >= 15 is 0 Å². The largest absolute Gasteiger partial charge is 0.481 e. The molecule has 19 heavy (non-hydrogen) atoms. The number of nitrogens with zero attached hydrogens (tertiary/aromatic N) is 1. The molecule has 1 atom stereocenters. The van der Waals surface area contributed by atoms with Crippen molar-refractivity contribution in [3.63, 3.8) is 0 Å². The van der Waals surface area contributed by atoms with E-state index in [0.29, 0.717) is 26.2 Å². The van der Waals surface area contributed by atoms with E-state index in [9.17, 15) is 13.2 Å². The highest BCUT2D eigenvalue weighted by Crippen LogP contribution is 2.32. The van der Waals surface area contributed by atoms with Crippen LogP contribution in [0.5, 0.6) is 0 Å². The fraction of sp³-hybridized carbons (Fsp3) is 0.917. The Hall–Kier alpha value is -0.660. The van der Waals surface area contributed by atoms with E-state index in [4.69, 9.17) is 9.84 Å². The molecule has 0 radical (unpaired) electrons. The topological polar surface area (TPSA) is 83.9 Å². The second-order valence-electron chi connectivity index (χ2n) is 5.78. The van der Waals surface area contributed by atoms with E-state index in [-0.39, 0.29) is 18.2 Å². The van der Waals surface area contributed by atoms with E-state index in [1.165, 1.54) is 4.31 Å². The van der Waals surface area contributed by atoms with Crippen LogP contribution >= 0.6 is 0 Å². The number of hydrogen-bond acceptors (Lipinski definition) is 4. The number of aliphatic carboxylic acids is 1. The predicted molar refractivity (Wildman–Crippen MR) is 69.3 cm³/mol. The molecule has 6 nitrogen and oxygen atoms in total. The van der Waals surface area contributed by atoms with Crippen LogP contribution in [0, 0.1) is 11.3 Å². The molecule has 2 rings (SSSR count). The number of carboxylic acids is 1. The number of sulfonamides is 1. The van der Waals surface area contributed by atoms with E-state index in [2.05, 4.69) is 0 Å². The van der Waals surface area contributed by atoms with Crippen molar-refractivity contribution in [1.82, 2.24) is 4.31 Å². The normalized spacial score (nSPS) is 30.6. The van der Waals surface area contributed by atoms with Crippen LogP contribution in [0.15, 0.2) is 0 Å². The summed E-state index contributed by atoms with van der Waals surface area (Å²) in [6.45, 7) is 3.25. The molecule has 0 bridgehead atoms. The third kappa shape index (κ3) is 3.27. The molecule has 2 heterocycles. The molecule has 1 N–H and O–H groups in total. The molecule has 7 heteroatoms. The fourth-order valence-electron chi connectivity index (χ4n) is 2.65. The van der Waals surface area contributed by atoms with Gasteiger partial charge in [-0.25, -0.2) is 12.7 Å². The van der Waals surface area contributed by atoms with Crippen LogP contribution in [-0.4, -0.2) is 55.9 Å². The maximum absolute atomic E-state index is 12.3. The Morgan fingerprint density at radius 2 is 2.05 bits per heavy atom. The van der Waals surface area contributed by atoms with Gasteiger partial charge in [0.25, 0.3) is 0 Å². The Bertz CT molecular complexity index is 443. The summed E-state index contributed by atoms with van der Waals surface area (Å²) >= 11 is 0. The van der Waals surface area contributed by atoms with Crippen molar-refractivity contribution in [1.29, 1.82) is 0 Å². The average molecular weight is 291 g/mol. The fourth-order valence-corrected chi connectivity index (χ4v) is 4.64. The summed E-state index contributed by atoms with van der Waals surface area (Å²) in [6, 6.07) is 0. The summed E-state index contributed by atoms with van der Waals surface area (Å²) in [5.74, 6) is -0.668. The van der Waals surface area contributed by atoms with Crippen LogP contribution in [0.2, 0.25) is 0 Å². The summed E-state index contributed by atoms with van der Waals surface area (Å²) in [5, 5.41) is 9.14. The van der Waals surface area contributed by atoms with Crippen molar-refractivity contribution < 1.29 is 23.1 Å². The monoisotopic (exact) mass is 291 g/mol. The summed E-state index contributed by atoms with van der Waals surface area (Å²) in [4.78, 5) is 11.1. The van der Waals surface area contributed by atoms with Crippen LogP contribution in [0.25, 0.3) is 0 Å². The van der Waals surface area contributed by atoms with Crippen molar-refractivity contribution in [2.24, 2.45) is 11.3 Å². The molecule has 0 aliphatic carbocycles. The molecule has 0 aromatic carbocycles. The Balaban J connectivity index is 1.99. The number of hydrogen-bond donors (Lipinski definition) is 1. The second-order valence-corrected chi connectivity index (χ2v) is 7.80. The Labute approximate surface area is 113 Å². The molecule has 2 aliphatic rings. The van der Waals surface area contributed by atoms with Crippen LogP contribution in [0.4, 0.5) is 0 Å². The van der Waals surface area contributed by atoms with Gasteiger partial charge < -0.3 is 9.84 Å². The first-order valence-electron chi connectivity index (χ1n) is 6.62. The standard InChI is InChI=1S/C12H21NO5S/c1-12(11(14)15)4-5-13(9-12)19(16,17)8-10-2-6-18-7-3-10/h10H,2-9H2,1H3,(H,14,15). The molecular formula is C12H21NO5S. The summed E-state index contributed by atoms with van der Waals surface area (Å²) in [7, 11) is -3.35. The molecule has 0 spiro atoms. The van der Waals surface area contributed by atoms with Crippen molar-refractivity contribution in [2.75, 3.05) is 32.1 Å². The lowest BCUT2D eigenvalue weighted by Gasteiger charge is -2.25. The van der Waals surface area contributed by atoms with Gasteiger partial charge in [-0.05, 0) is 32.1 Å². The number of ether oxygens (including phenoxy) is 1.